The summed E-state index contributed by atoms with van der Waals surface area (Å²) in [6.45, 7) is 9.13. The van der Waals surface area contributed by atoms with Crippen molar-refractivity contribution < 1.29 is 0 Å². The number of hydrogen-bond donors (Lipinski definition) is 0. The molecule has 0 amide bonds. The lowest BCUT2D eigenvalue weighted by atomic mass is 9.91. The van der Waals surface area contributed by atoms with Crippen LogP contribution in [-0.4, -0.2) is 0 Å². The summed E-state index contributed by atoms with van der Waals surface area (Å²) in [5.41, 5.74) is 4.75. The van der Waals surface area contributed by atoms with Crippen molar-refractivity contribution in [3.05, 3.63) is 34.9 Å². The van der Waals surface area contributed by atoms with E-state index in [0.717, 1.165) is 5.92 Å². The Morgan fingerprint density at radius 1 is 1.07 bits per heavy atom. The van der Waals surface area contributed by atoms with Crippen molar-refractivity contribution in [2.45, 2.75) is 53.4 Å². The van der Waals surface area contributed by atoms with E-state index in [9.17, 15) is 0 Å². The number of hydrogen-bond acceptors (Lipinski definition) is 0. The Morgan fingerprint density at radius 2 is 1.73 bits per heavy atom. The summed E-state index contributed by atoms with van der Waals surface area (Å²) in [4.78, 5) is 0. The number of benzene rings is 1. The van der Waals surface area contributed by atoms with E-state index in [1.54, 1.807) is 16.7 Å². The molecule has 0 aliphatic carbocycles. The van der Waals surface area contributed by atoms with Gasteiger partial charge in [-0.2, -0.15) is 0 Å². The predicted octanol–water partition coefficient (Wildman–Crippen LogP) is 4.40. The van der Waals surface area contributed by atoms with Crippen LogP contribution in [0.5, 0.6) is 0 Å². The first-order valence-corrected chi connectivity index (χ1v) is 6.28. The van der Waals surface area contributed by atoms with Crippen LogP contribution in [0.3, 0.4) is 0 Å². The zero-order valence-electron chi connectivity index (χ0n) is 10.6. The minimum Gasteiger partial charge on any atom is -0.0651 e. The molecule has 0 bridgehead atoms. The van der Waals surface area contributed by atoms with Crippen LogP contribution in [0.1, 0.15) is 50.8 Å². The summed E-state index contributed by atoms with van der Waals surface area (Å²) in [6.07, 6.45) is 4.89. The van der Waals surface area contributed by atoms with E-state index in [0.29, 0.717) is 0 Å². The van der Waals surface area contributed by atoms with E-state index in [1.807, 2.05) is 0 Å². The van der Waals surface area contributed by atoms with Crippen LogP contribution in [0, 0.1) is 5.92 Å². The van der Waals surface area contributed by atoms with Crippen molar-refractivity contribution in [3.63, 3.8) is 0 Å². The lowest BCUT2D eigenvalue weighted by Crippen LogP contribution is -2.03. The molecule has 0 unspecified atom stereocenters. The van der Waals surface area contributed by atoms with E-state index < -0.39 is 0 Å². The first-order chi connectivity index (χ1) is 7.19. The summed E-state index contributed by atoms with van der Waals surface area (Å²) in [7, 11) is 0. The van der Waals surface area contributed by atoms with Crippen molar-refractivity contribution in [2.75, 3.05) is 0 Å². The van der Waals surface area contributed by atoms with Crippen LogP contribution in [-0.2, 0) is 19.3 Å². The Bertz CT molecular complexity index is 297. The van der Waals surface area contributed by atoms with Crippen LogP contribution in [0.2, 0.25) is 0 Å². The van der Waals surface area contributed by atoms with Crippen LogP contribution < -0.4 is 0 Å². The SMILES string of the molecule is CCCc1c(CC)cccc1CC(C)C. The van der Waals surface area contributed by atoms with Gasteiger partial charge in [0.15, 0.2) is 0 Å². The molecule has 1 aromatic rings. The molecular weight excluding hydrogens is 180 g/mol. The molecular formula is C15H24. The maximum Gasteiger partial charge on any atom is -0.0253 e. The van der Waals surface area contributed by atoms with Gasteiger partial charge in [0.2, 0.25) is 0 Å². The molecule has 0 aliphatic rings. The van der Waals surface area contributed by atoms with Gasteiger partial charge in [-0.05, 0) is 41.9 Å². The fraction of sp³-hybridized carbons (Fsp3) is 0.600. The van der Waals surface area contributed by atoms with Gasteiger partial charge in [-0.15, -0.1) is 0 Å². The average molecular weight is 204 g/mol. The second-order valence-corrected chi connectivity index (χ2v) is 4.76. The quantitative estimate of drug-likeness (QED) is 0.667. The van der Waals surface area contributed by atoms with E-state index in [4.69, 9.17) is 0 Å². The van der Waals surface area contributed by atoms with Crippen molar-refractivity contribution in [2.24, 2.45) is 5.92 Å². The Balaban J connectivity index is 3.01. The fourth-order valence-corrected chi connectivity index (χ4v) is 2.22. The van der Waals surface area contributed by atoms with Crippen molar-refractivity contribution in [1.29, 1.82) is 0 Å². The van der Waals surface area contributed by atoms with Crippen molar-refractivity contribution in [1.82, 2.24) is 0 Å². The highest BCUT2D eigenvalue weighted by Crippen LogP contribution is 2.20. The molecule has 0 heterocycles. The second kappa shape index (κ2) is 5.95. The molecule has 0 spiro atoms. The Morgan fingerprint density at radius 3 is 2.27 bits per heavy atom. The van der Waals surface area contributed by atoms with Crippen LogP contribution in [0.15, 0.2) is 18.2 Å². The lowest BCUT2D eigenvalue weighted by Gasteiger charge is -2.15. The summed E-state index contributed by atoms with van der Waals surface area (Å²) >= 11 is 0. The highest BCUT2D eigenvalue weighted by Gasteiger charge is 2.07. The van der Waals surface area contributed by atoms with Gasteiger partial charge >= 0.3 is 0 Å². The first-order valence-electron chi connectivity index (χ1n) is 6.28. The van der Waals surface area contributed by atoms with Crippen LogP contribution >= 0.6 is 0 Å². The minimum absolute atomic E-state index is 0.757. The molecule has 1 rings (SSSR count). The lowest BCUT2D eigenvalue weighted by molar-refractivity contribution is 0.640. The van der Waals surface area contributed by atoms with Crippen molar-refractivity contribution in [3.8, 4) is 0 Å². The molecule has 0 saturated carbocycles. The van der Waals surface area contributed by atoms with Gasteiger partial charge in [-0.1, -0.05) is 52.3 Å². The molecule has 0 aromatic heterocycles. The molecule has 0 radical (unpaired) electrons. The van der Waals surface area contributed by atoms with Gasteiger partial charge in [0, 0.05) is 0 Å². The molecule has 0 atom stereocenters. The normalized spacial score (nSPS) is 11.0. The van der Waals surface area contributed by atoms with Crippen LogP contribution in [0.25, 0.3) is 0 Å². The number of aryl methyl sites for hydroxylation is 1. The van der Waals surface area contributed by atoms with Crippen LogP contribution in [0.4, 0.5) is 0 Å². The first kappa shape index (κ1) is 12.3. The van der Waals surface area contributed by atoms with E-state index >= 15 is 0 Å². The Kier molecular flexibility index (Phi) is 4.87. The number of rotatable bonds is 5. The topological polar surface area (TPSA) is 0 Å². The molecule has 1 aromatic carbocycles. The molecule has 0 N–H and O–H groups in total. The molecule has 0 fully saturated rings. The third-order valence-corrected chi connectivity index (χ3v) is 2.88. The fourth-order valence-electron chi connectivity index (χ4n) is 2.22. The molecule has 0 heteroatoms. The minimum atomic E-state index is 0.757. The highest BCUT2D eigenvalue weighted by atomic mass is 14.1. The van der Waals surface area contributed by atoms with Crippen molar-refractivity contribution >= 4 is 0 Å². The monoisotopic (exact) mass is 204 g/mol. The van der Waals surface area contributed by atoms with Gasteiger partial charge in [-0.25, -0.2) is 0 Å². The molecule has 84 valence electrons. The summed E-state index contributed by atoms with van der Waals surface area (Å²) in [5, 5.41) is 0. The van der Waals surface area contributed by atoms with Gasteiger partial charge in [0.25, 0.3) is 0 Å². The Labute approximate surface area is 94.7 Å². The maximum atomic E-state index is 2.31. The smallest absolute Gasteiger partial charge is 0.0253 e. The van der Waals surface area contributed by atoms with E-state index in [-0.39, 0.29) is 0 Å². The third-order valence-electron chi connectivity index (χ3n) is 2.88. The standard InChI is InChI=1S/C15H24/c1-5-8-15-13(6-2)9-7-10-14(15)11-12(3)4/h7,9-10,12H,5-6,8,11H2,1-4H3. The summed E-state index contributed by atoms with van der Waals surface area (Å²) in [6, 6.07) is 6.81. The van der Waals surface area contributed by atoms with E-state index in [2.05, 4.69) is 45.9 Å². The average Bonchev–Trinajstić information content (AvgIpc) is 2.20. The zero-order valence-corrected chi connectivity index (χ0v) is 10.6. The second-order valence-electron chi connectivity index (χ2n) is 4.76. The highest BCUT2D eigenvalue weighted by molar-refractivity contribution is 5.35. The third kappa shape index (κ3) is 3.37. The zero-order chi connectivity index (χ0) is 11.3. The predicted molar refractivity (Wildman–Crippen MR) is 68.4 cm³/mol. The van der Waals surface area contributed by atoms with Gasteiger partial charge in [0.05, 0.1) is 0 Å². The van der Waals surface area contributed by atoms with Gasteiger partial charge in [-0.3, -0.25) is 0 Å². The maximum absolute atomic E-state index is 2.31. The Hall–Kier alpha value is -0.780. The molecule has 0 saturated heterocycles. The van der Waals surface area contributed by atoms with Gasteiger partial charge in [0.1, 0.15) is 0 Å². The molecule has 0 aliphatic heterocycles. The largest absolute Gasteiger partial charge is 0.0651 e. The molecule has 0 nitrogen and oxygen atoms in total. The summed E-state index contributed by atoms with van der Waals surface area (Å²) in [5.74, 6) is 0.757. The van der Waals surface area contributed by atoms with E-state index in [1.165, 1.54) is 25.7 Å². The molecule has 15 heavy (non-hydrogen) atoms. The summed E-state index contributed by atoms with van der Waals surface area (Å²) < 4.78 is 0. The van der Waals surface area contributed by atoms with Gasteiger partial charge < -0.3 is 0 Å².